The van der Waals surface area contributed by atoms with E-state index in [2.05, 4.69) is 9.97 Å². The number of pyridine rings is 1. The van der Waals surface area contributed by atoms with E-state index in [9.17, 15) is 9.59 Å². The van der Waals surface area contributed by atoms with E-state index >= 15 is 0 Å². The second kappa shape index (κ2) is 5.54. The van der Waals surface area contributed by atoms with E-state index in [1.807, 2.05) is 32.9 Å². The highest BCUT2D eigenvalue weighted by Crippen LogP contribution is 2.14. The molecule has 2 aromatic rings. The molecule has 0 spiro atoms. The molecule has 20 heavy (non-hydrogen) atoms. The van der Waals surface area contributed by atoms with Crippen molar-refractivity contribution in [3.05, 3.63) is 49.6 Å². The summed E-state index contributed by atoms with van der Waals surface area (Å²) in [6, 6.07) is 3.68. The third-order valence-electron chi connectivity index (χ3n) is 2.66. The molecule has 104 valence electrons. The van der Waals surface area contributed by atoms with Crippen molar-refractivity contribution in [3.63, 3.8) is 0 Å². The van der Waals surface area contributed by atoms with Gasteiger partial charge in [0.05, 0.1) is 9.20 Å². The van der Waals surface area contributed by atoms with Crippen LogP contribution in [0.15, 0.2) is 29.3 Å². The van der Waals surface area contributed by atoms with Crippen LogP contribution >= 0.6 is 11.3 Å². The summed E-state index contributed by atoms with van der Waals surface area (Å²) in [5.74, 6) is -0.0112. The Kier molecular flexibility index (Phi) is 3.99. The average Bonchev–Trinajstić information content (AvgIpc) is 2.70. The molecule has 0 unspecified atom stereocenters. The summed E-state index contributed by atoms with van der Waals surface area (Å²) < 4.78 is 1.14. The molecule has 0 aliphatic rings. The zero-order valence-electron chi connectivity index (χ0n) is 11.6. The van der Waals surface area contributed by atoms with Crippen molar-refractivity contribution >= 4 is 29.3 Å². The van der Waals surface area contributed by atoms with E-state index in [4.69, 9.17) is 0 Å². The number of rotatable bonds is 2. The molecule has 0 aliphatic heterocycles. The maximum atomic E-state index is 11.9. The smallest absolute Gasteiger partial charge is 0.266 e. The highest BCUT2D eigenvalue weighted by atomic mass is 32.1. The van der Waals surface area contributed by atoms with Gasteiger partial charge in [0, 0.05) is 23.9 Å². The summed E-state index contributed by atoms with van der Waals surface area (Å²) in [7, 11) is 0. The second-order valence-corrected chi connectivity index (χ2v) is 6.56. The van der Waals surface area contributed by atoms with E-state index in [-0.39, 0.29) is 11.3 Å². The quantitative estimate of drug-likeness (QED) is 0.898. The number of nitrogens with one attached hydrogen (secondary N) is 1. The lowest BCUT2D eigenvalue weighted by atomic mass is 9.91. The minimum atomic E-state index is -0.450. The van der Waals surface area contributed by atoms with E-state index in [0.29, 0.717) is 9.20 Å². The molecule has 0 saturated heterocycles. The summed E-state index contributed by atoms with van der Waals surface area (Å²) >= 11 is 1.27. The molecule has 0 aliphatic carbocycles. The Morgan fingerprint density at radius 1 is 1.40 bits per heavy atom. The van der Waals surface area contributed by atoms with Gasteiger partial charge in [-0.25, -0.2) is 0 Å². The standard InChI is InChI=1S/C15H16N2O2S/c1-15(2,3)12(18)8-13-17-14(19)11(20-13)7-10-5-4-6-16-9-10/h4-9H,1-3H3,(H,17,19)/b11-7+,13-8+. The van der Waals surface area contributed by atoms with Gasteiger partial charge < -0.3 is 4.98 Å². The van der Waals surface area contributed by atoms with Crippen molar-refractivity contribution in [2.75, 3.05) is 0 Å². The molecule has 0 aromatic carbocycles. The topological polar surface area (TPSA) is 62.8 Å². The van der Waals surface area contributed by atoms with E-state index in [1.54, 1.807) is 18.5 Å². The molecule has 2 heterocycles. The number of Topliss-reactive ketones (excluding diaryl/α,β-unsaturated/α-hetero) is 1. The maximum Gasteiger partial charge on any atom is 0.266 e. The number of H-pyrrole nitrogens is 1. The van der Waals surface area contributed by atoms with Crippen molar-refractivity contribution in [2.45, 2.75) is 20.8 Å². The first-order valence-corrected chi connectivity index (χ1v) is 7.05. The Morgan fingerprint density at radius 2 is 2.15 bits per heavy atom. The summed E-state index contributed by atoms with van der Waals surface area (Å²) in [4.78, 5) is 30.5. The predicted molar refractivity (Wildman–Crippen MR) is 80.9 cm³/mol. The van der Waals surface area contributed by atoms with Crippen LogP contribution in [0, 0.1) is 5.41 Å². The molecule has 4 nitrogen and oxygen atoms in total. The zero-order valence-corrected chi connectivity index (χ0v) is 12.5. The summed E-state index contributed by atoms with van der Waals surface area (Å²) in [6.45, 7) is 5.54. The second-order valence-electron chi connectivity index (χ2n) is 5.47. The van der Waals surface area contributed by atoms with Gasteiger partial charge in [0.1, 0.15) is 0 Å². The molecular weight excluding hydrogens is 272 g/mol. The van der Waals surface area contributed by atoms with E-state index < -0.39 is 5.41 Å². The fourth-order valence-electron chi connectivity index (χ4n) is 1.47. The Hall–Kier alpha value is -2.01. The van der Waals surface area contributed by atoms with Gasteiger partial charge in [-0.05, 0) is 17.7 Å². The van der Waals surface area contributed by atoms with Crippen molar-refractivity contribution < 1.29 is 4.79 Å². The largest absolute Gasteiger partial charge is 0.313 e. The molecule has 0 bridgehead atoms. The first kappa shape index (κ1) is 14.4. The van der Waals surface area contributed by atoms with Crippen LogP contribution in [0.1, 0.15) is 26.3 Å². The fraction of sp³-hybridized carbons (Fsp3) is 0.267. The molecule has 1 N–H and O–H groups in total. The van der Waals surface area contributed by atoms with Gasteiger partial charge in [-0.2, -0.15) is 0 Å². The van der Waals surface area contributed by atoms with Crippen LogP contribution in [-0.4, -0.2) is 15.8 Å². The highest BCUT2D eigenvalue weighted by Gasteiger charge is 2.18. The molecule has 0 atom stereocenters. The number of carbonyl (C=O) groups is 1. The van der Waals surface area contributed by atoms with Gasteiger partial charge in [-0.3, -0.25) is 14.6 Å². The molecule has 2 rings (SSSR count). The molecule has 0 saturated carbocycles. The lowest BCUT2D eigenvalue weighted by Crippen LogP contribution is -2.22. The first-order valence-electron chi connectivity index (χ1n) is 6.23. The van der Waals surface area contributed by atoms with Crippen LogP contribution in [0.3, 0.4) is 0 Å². The predicted octanol–water partition coefficient (Wildman–Crippen LogP) is 1.06. The van der Waals surface area contributed by atoms with Crippen LogP contribution in [-0.2, 0) is 4.79 Å². The van der Waals surface area contributed by atoms with Crippen molar-refractivity contribution in [2.24, 2.45) is 5.41 Å². The lowest BCUT2D eigenvalue weighted by molar-refractivity contribution is -0.119. The average molecular weight is 288 g/mol. The summed E-state index contributed by atoms with van der Waals surface area (Å²) in [5, 5.41) is 0. The third kappa shape index (κ3) is 3.51. The van der Waals surface area contributed by atoms with Crippen molar-refractivity contribution in [1.82, 2.24) is 9.97 Å². The Labute approximate surface area is 120 Å². The zero-order chi connectivity index (χ0) is 14.8. The molecule has 5 heteroatoms. The maximum absolute atomic E-state index is 11.9. The number of nitrogens with zero attached hydrogens (tertiary/aromatic N) is 1. The van der Waals surface area contributed by atoms with Gasteiger partial charge in [0.2, 0.25) is 0 Å². The molecular formula is C15H16N2O2S. The SMILES string of the molecule is CC(C)(C)C(=O)/C=c1\[nH]c(=O)/c(=C\c2cccnc2)s1. The van der Waals surface area contributed by atoms with Crippen molar-refractivity contribution in [1.29, 1.82) is 0 Å². The Bertz CT molecular complexity index is 780. The minimum Gasteiger partial charge on any atom is -0.313 e. The number of aromatic nitrogens is 2. The number of aromatic amines is 1. The van der Waals surface area contributed by atoms with Crippen LogP contribution < -0.4 is 14.8 Å². The van der Waals surface area contributed by atoms with Crippen LogP contribution in [0.2, 0.25) is 0 Å². The lowest BCUT2D eigenvalue weighted by Gasteiger charge is -2.12. The number of ketones is 1. The molecule has 0 amide bonds. The molecule has 0 fully saturated rings. The van der Waals surface area contributed by atoms with Crippen LogP contribution in [0.4, 0.5) is 0 Å². The van der Waals surface area contributed by atoms with Gasteiger partial charge in [-0.1, -0.05) is 26.8 Å². The minimum absolute atomic E-state index is 0.0112. The summed E-state index contributed by atoms with van der Waals surface area (Å²) in [5.41, 5.74) is 0.217. The Balaban J connectivity index is 2.46. The van der Waals surface area contributed by atoms with Gasteiger partial charge in [-0.15, -0.1) is 11.3 Å². The molecule has 2 aromatic heterocycles. The van der Waals surface area contributed by atoms with E-state index in [1.165, 1.54) is 17.4 Å². The van der Waals surface area contributed by atoms with Gasteiger partial charge in [0.25, 0.3) is 5.56 Å². The monoisotopic (exact) mass is 288 g/mol. The number of thiazole rings is 1. The molecule has 0 radical (unpaired) electrons. The summed E-state index contributed by atoms with van der Waals surface area (Å²) in [6.07, 6.45) is 6.61. The van der Waals surface area contributed by atoms with E-state index in [0.717, 1.165) is 5.56 Å². The normalized spacial score (nSPS) is 13.8. The Morgan fingerprint density at radius 3 is 2.75 bits per heavy atom. The number of hydrogen-bond acceptors (Lipinski definition) is 4. The van der Waals surface area contributed by atoms with Crippen molar-refractivity contribution in [3.8, 4) is 0 Å². The first-order chi connectivity index (χ1) is 9.36. The third-order valence-corrected chi connectivity index (χ3v) is 3.63. The van der Waals surface area contributed by atoms with Crippen LogP contribution in [0.5, 0.6) is 0 Å². The van der Waals surface area contributed by atoms with Crippen LogP contribution in [0.25, 0.3) is 12.2 Å². The fourth-order valence-corrected chi connectivity index (χ4v) is 2.36. The number of carbonyl (C=O) groups excluding carboxylic acids is 1. The van der Waals surface area contributed by atoms with Gasteiger partial charge in [0.15, 0.2) is 5.78 Å². The highest BCUT2D eigenvalue weighted by molar-refractivity contribution is 7.07. The van der Waals surface area contributed by atoms with Gasteiger partial charge >= 0.3 is 0 Å². The number of hydrogen-bond donors (Lipinski definition) is 1.